The number of nitrogens with zero attached hydrogens (tertiary/aromatic N) is 1. The number of aromatic hydroxyl groups is 1. The lowest BCUT2D eigenvalue weighted by Crippen LogP contribution is -2.35. The summed E-state index contributed by atoms with van der Waals surface area (Å²) in [4.78, 5) is 32.1. The number of aliphatic carboxylic acids is 2. The molecular weight excluding hydrogens is 350 g/mol. The van der Waals surface area contributed by atoms with Crippen LogP contribution in [-0.4, -0.2) is 57.5 Å². The normalized spacial score (nSPS) is 30.4. The Labute approximate surface area is 173 Å². The fourth-order valence-corrected chi connectivity index (χ4v) is 1.89. The predicted molar refractivity (Wildman–Crippen MR) is 101 cm³/mol. The number of phenols is 1. The van der Waals surface area contributed by atoms with E-state index in [9.17, 15) is 19.5 Å². The molecule has 1 atom stereocenters. The molecule has 0 spiro atoms. The molecule has 1 aromatic carbocycles. The zero-order valence-corrected chi connectivity index (χ0v) is 14.7. The summed E-state index contributed by atoms with van der Waals surface area (Å²) in [5.41, 5.74) is 0.613. The summed E-state index contributed by atoms with van der Waals surface area (Å²) in [7, 11) is 0. The van der Waals surface area contributed by atoms with E-state index in [1.165, 1.54) is 25.1 Å². The van der Waals surface area contributed by atoms with E-state index < -0.39 is 62.3 Å². The Hall–Kier alpha value is -2.67. The molecule has 1 heterocycles. The Kier molecular flexibility index (Phi) is 4.63. The van der Waals surface area contributed by atoms with E-state index in [2.05, 4.69) is 0 Å². The quantitative estimate of drug-likeness (QED) is 0.508. The van der Waals surface area contributed by atoms with Crippen LogP contribution in [-0.2, 0) is 9.59 Å². The fourth-order valence-electron chi connectivity index (χ4n) is 1.89. The van der Waals surface area contributed by atoms with Crippen LogP contribution in [0.5, 0.6) is 5.75 Å². The zero-order chi connectivity index (χ0) is 29.4. The van der Waals surface area contributed by atoms with Crippen molar-refractivity contribution in [3.05, 3.63) is 41.5 Å². The number of hydrogen-bond acceptors (Lipinski definition) is 5. The number of piperidine rings is 1. The van der Waals surface area contributed by atoms with E-state index in [0.29, 0.717) is 17.7 Å². The molecule has 3 N–H and O–H groups in total. The minimum absolute atomic E-state index is 0.0834. The Bertz CT molecular complexity index is 1040. The van der Waals surface area contributed by atoms with E-state index in [1.807, 2.05) is 0 Å². The molecule has 148 valence electrons. The number of rotatable bonds is 6. The van der Waals surface area contributed by atoms with Crippen LogP contribution in [0.1, 0.15) is 55.7 Å². The van der Waals surface area contributed by atoms with Gasteiger partial charge in [0.25, 0.3) is 0 Å². The Morgan fingerprint density at radius 3 is 2.19 bits per heavy atom. The van der Waals surface area contributed by atoms with Crippen molar-refractivity contribution in [1.82, 2.24) is 4.90 Å². The van der Waals surface area contributed by atoms with Crippen molar-refractivity contribution < 1.29 is 43.4 Å². The highest BCUT2D eigenvalue weighted by Crippen LogP contribution is 2.20. The van der Waals surface area contributed by atoms with Crippen molar-refractivity contribution >= 4 is 17.7 Å². The number of carboxylic acids is 2. The molecule has 1 aliphatic heterocycles. The van der Waals surface area contributed by atoms with Gasteiger partial charge < -0.3 is 20.2 Å². The van der Waals surface area contributed by atoms with Gasteiger partial charge in [-0.2, -0.15) is 0 Å². The third kappa shape index (κ3) is 8.50. The number of hydrogen-bond donors (Lipinski definition) is 3. The van der Waals surface area contributed by atoms with Crippen LogP contribution in [0.4, 0.5) is 0 Å². The van der Waals surface area contributed by atoms with Gasteiger partial charge in [0.1, 0.15) is 5.75 Å². The van der Waals surface area contributed by atoms with Gasteiger partial charge in [0, 0.05) is 43.9 Å². The van der Waals surface area contributed by atoms with Gasteiger partial charge in [0.15, 0.2) is 5.78 Å². The van der Waals surface area contributed by atoms with Gasteiger partial charge in [0.05, 0.1) is 0 Å². The molecule has 1 fully saturated rings. The number of Topliss-reactive ketones (excluding diaryl/α,β-unsaturated/α-hetero) is 1. The zero-order valence-electron chi connectivity index (χ0n) is 24.7. The van der Waals surface area contributed by atoms with Crippen molar-refractivity contribution in [2.24, 2.45) is 5.92 Å². The molecule has 0 bridgehead atoms. The Morgan fingerprint density at radius 2 is 1.70 bits per heavy atom. The monoisotopic (exact) mass is 387 g/mol. The highest BCUT2D eigenvalue weighted by Gasteiger charge is 2.20. The molecule has 1 aliphatic rings. The van der Waals surface area contributed by atoms with Gasteiger partial charge in [-0.15, -0.1) is 0 Å². The van der Waals surface area contributed by atoms with Crippen LogP contribution in [0, 0.1) is 12.8 Å². The second-order valence-corrected chi connectivity index (χ2v) is 5.49. The van der Waals surface area contributed by atoms with Crippen molar-refractivity contribution in [3.8, 4) is 5.75 Å². The summed E-state index contributed by atoms with van der Waals surface area (Å²) >= 11 is 0. The molecule has 1 unspecified atom stereocenters. The lowest BCUT2D eigenvalue weighted by molar-refractivity contribution is -0.134. The third-order valence-electron chi connectivity index (χ3n) is 3.27. The maximum absolute atomic E-state index is 12.7. The van der Waals surface area contributed by atoms with Gasteiger partial charge in [-0.25, -0.2) is 9.59 Å². The van der Waals surface area contributed by atoms with E-state index in [1.54, 1.807) is 6.92 Å². The number of carbonyl (C=O) groups is 3. The first-order valence-electron chi connectivity index (χ1n) is 12.7. The molecule has 0 aromatic heterocycles. The van der Waals surface area contributed by atoms with Crippen LogP contribution in [0.3, 0.4) is 0 Å². The van der Waals surface area contributed by atoms with Crippen LogP contribution in [0.25, 0.3) is 0 Å². The fraction of sp³-hybridized carbons (Fsp3) is 0.450. The first-order valence-corrected chi connectivity index (χ1v) is 7.72. The summed E-state index contributed by atoms with van der Waals surface area (Å²) < 4.78 is 79.6. The lowest BCUT2D eigenvalue weighted by atomic mass is 9.97. The van der Waals surface area contributed by atoms with Crippen molar-refractivity contribution in [1.29, 1.82) is 0 Å². The van der Waals surface area contributed by atoms with Crippen LogP contribution < -0.4 is 0 Å². The SMILES string of the molecule is O=C(O)/C=C\C(=O)O.[2H]C1([2H])N(CC(C)C(=O)c2ccc(C)c(O)c2)C([2H])([2H])C([2H])([2H])C([2H])([2H])C1([2H])[2H]. The average Bonchev–Trinajstić information content (AvgIpc) is 2.76. The molecule has 1 saturated heterocycles. The third-order valence-corrected chi connectivity index (χ3v) is 3.27. The standard InChI is InChI=1S/C16H23NO2.C4H4O4/c1-12-6-7-14(10-15(12)18)16(19)13(2)11-17-8-4-3-5-9-17;5-3(6)1-2-4(7)8/h6-7,10,13,18H,3-5,8-9,11H2,1-2H3;1-2H,(H,5,6)(H,7,8)/b;2-1-/i3D2,4D2,5D2,8D2,9D2;. The summed E-state index contributed by atoms with van der Waals surface area (Å²) in [6.45, 7) is -4.24. The first kappa shape index (κ1) is 11.2. The number of carboxylic acid groups (broad SMARTS) is 2. The van der Waals surface area contributed by atoms with Crippen molar-refractivity contribution in [3.63, 3.8) is 0 Å². The number of ketones is 1. The maximum Gasteiger partial charge on any atom is 0.328 e. The van der Waals surface area contributed by atoms with E-state index in [-0.39, 0.29) is 16.2 Å². The second kappa shape index (κ2) is 11.1. The highest BCUT2D eigenvalue weighted by atomic mass is 16.4. The molecule has 27 heavy (non-hydrogen) atoms. The number of likely N-dealkylation sites (tertiary alicyclic amines) is 1. The van der Waals surface area contributed by atoms with Crippen LogP contribution >= 0.6 is 0 Å². The number of aryl methyl sites for hydroxylation is 1. The maximum atomic E-state index is 12.7. The van der Waals surface area contributed by atoms with Crippen molar-refractivity contribution in [2.45, 2.75) is 33.0 Å². The Morgan fingerprint density at radius 1 is 1.15 bits per heavy atom. The molecular formula is C20H27NO6. The molecule has 1 aromatic rings. The minimum Gasteiger partial charge on any atom is -0.508 e. The predicted octanol–water partition coefficient (Wildman–Crippen LogP) is 2.72. The van der Waals surface area contributed by atoms with E-state index >= 15 is 0 Å². The molecule has 7 heteroatoms. The molecule has 0 saturated carbocycles. The second-order valence-electron chi connectivity index (χ2n) is 5.49. The summed E-state index contributed by atoms with van der Waals surface area (Å²) in [6.07, 6.45) is -9.20. The van der Waals surface area contributed by atoms with Crippen LogP contribution in [0.2, 0.25) is 0 Å². The molecule has 7 nitrogen and oxygen atoms in total. The van der Waals surface area contributed by atoms with Gasteiger partial charge in [-0.1, -0.05) is 25.4 Å². The van der Waals surface area contributed by atoms with Gasteiger partial charge >= 0.3 is 11.9 Å². The largest absolute Gasteiger partial charge is 0.508 e. The highest BCUT2D eigenvalue weighted by molar-refractivity contribution is 5.98. The Balaban J connectivity index is 0.000000738. The smallest absolute Gasteiger partial charge is 0.328 e. The van der Waals surface area contributed by atoms with E-state index in [4.69, 9.17) is 23.9 Å². The molecule has 0 aliphatic carbocycles. The minimum atomic E-state index is -3.49. The van der Waals surface area contributed by atoms with Crippen LogP contribution in [0.15, 0.2) is 30.4 Å². The number of phenolic OH excluding ortho intramolecular Hbond substituents is 1. The lowest BCUT2D eigenvalue weighted by Gasteiger charge is -2.28. The molecule has 0 radical (unpaired) electrons. The topological polar surface area (TPSA) is 115 Å². The van der Waals surface area contributed by atoms with Gasteiger partial charge in [-0.3, -0.25) is 4.79 Å². The van der Waals surface area contributed by atoms with Gasteiger partial charge in [0.2, 0.25) is 0 Å². The van der Waals surface area contributed by atoms with E-state index in [0.717, 1.165) is 0 Å². The van der Waals surface area contributed by atoms with Gasteiger partial charge in [-0.05, 0) is 44.3 Å². The average molecular weight is 387 g/mol. The number of carbonyl (C=O) groups excluding carboxylic acids is 1. The van der Waals surface area contributed by atoms with Crippen molar-refractivity contribution in [2.75, 3.05) is 19.5 Å². The molecule has 0 amide bonds. The first-order chi connectivity index (χ1) is 16.5. The molecule has 2 rings (SSSR count). The summed E-state index contributed by atoms with van der Waals surface area (Å²) in [6, 6.07) is 4.15. The summed E-state index contributed by atoms with van der Waals surface area (Å²) in [5, 5.41) is 25.4. The number of benzene rings is 1. The summed E-state index contributed by atoms with van der Waals surface area (Å²) in [5.74, 6) is -4.33.